The summed E-state index contributed by atoms with van der Waals surface area (Å²) >= 11 is 0. The average molecular weight is 1310 g/mol. The molecule has 0 aromatic carbocycles. The van der Waals surface area contributed by atoms with E-state index in [0.29, 0.717) is 31.6 Å². The standard InChI is InChI=1S/C70H136O17P2/c1-7-9-11-13-14-15-16-17-20-24-27-30-35-41-47-53-68(73)81-59-66(87-69(74)54-48-42-36-31-28-25-22-19-18-21-23-26-29-33-39-44-50-62(3)4)61-85-89(78,79)83-57-64(71)56-82-88(76,77)84-60-65(58-80-67(72)52-46-38-12-10-8-2)86-70(75)55-49-43-37-32-34-40-45-51-63(5)6/h62-66,71H,7-61H2,1-6H3,(H,76,77)(H,78,79)/t64-,65+,66+/m0/s1. The van der Waals surface area contributed by atoms with Crippen LogP contribution < -0.4 is 0 Å². The van der Waals surface area contributed by atoms with E-state index in [0.717, 1.165) is 102 Å². The molecule has 0 saturated carbocycles. The van der Waals surface area contributed by atoms with Gasteiger partial charge in [-0.05, 0) is 37.5 Å². The topological polar surface area (TPSA) is 237 Å². The molecule has 3 N–H and O–H groups in total. The minimum Gasteiger partial charge on any atom is -0.462 e. The average Bonchev–Trinajstić information content (AvgIpc) is 3.67. The Kier molecular flexibility index (Phi) is 60.8. The zero-order chi connectivity index (χ0) is 65.7. The molecule has 0 aliphatic rings. The molecular formula is C70H136O17P2. The molecule has 17 nitrogen and oxygen atoms in total. The molecule has 89 heavy (non-hydrogen) atoms. The molecule has 0 spiro atoms. The highest BCUT2D eigenvalue weighted by Crippen LogP contribution is 2.45. The summed E-state index contributed by atoms with van der Waals surface area (Å²) in [6.07, 6.45) is 47.7. The van der Waals surface area contributed by atoms with Crippen LogP contribution in [0.2, 0.25) is 0 Å². The molecule has 0 saturated heterocycles. The van der Waals surface area contributed by atoms with E-state index in [4.69, 9.17) is 37.0 Å². The molecule has 0 aromatic rings. The van der Waals surface area contributed by atoms with Gasteiger partial charge < -0.3 is 33.8 Å². The van der Waals surface area contributed by atoms with Gasteiger partial charge in [0.15, 0.2) is 12.2 Å². The van der Waals surface area contributed by atoms with Crippen LogP contribution in [0.3, 0.4) is 0 Å². The molecule has 0 bridgehead atoms. The lowest BCUT2D eigenvalue weighted by Crippen LogP contribution is -2.30. The molecule has 0 rings (SSSR count). The Morgan fingerprint density at radius 3 is 0.764 bits per heavy atom. The van der Waals surface area contributed by atoms with Gasteiger partial charge in [-0.3, -0.25) is 37.3 Å². The number of phosphoric ester groups is 2. The highest BCUT2D eigenvalue weighted by molar-refractivity contribution is 7.47. The first-order valence-electron chi connectivity index (χ1n) is 36.5. The molecule has 0 aliphatic heterocycles. The molecule has 528 valence electrons. The summed E-state index contributed by atoms with van der Waals surface area (Å²) < 4.78 is 68.0. The molecule has 19 heteroatoms. The maximum atomic E-state index is 13.0. The zero-order valence-electron chi connectivity index (χ0n) is 57.7. The van der Waals surface area contributed by atoms with Crippen LogP contribution in [0.5, 0.6) is 0 Å². The number of esters is 4. The zero-order valence-corrected chi connectivity index (χ0v) is 59.5. The van der Waals surface area contributed by atoms with E-state index in [1.54, 1.807) is 0 Å². The number of ether oxygens (including phenoxy) is 4. The number of phosphoric acid groups is 2. The van der Waals surface area contributed by atoms with Crippen LogP contribution in [-0.4, -0.2) is 96.7 Å². The fraction of sp³-hybridized carbons (Fsp3) is 0.943. The first-order chi connectivity index (χ1) is 42.9. The largest absolute Gasteiger partial charge is 0.472 e. The Morgan fingerprint density at radius 1 is 0.303 bits per heavy atom. The molecule has 0 radical (unpaired) electrons. The van der Waals surface area contributed by atoms with Crippen molar-refractivity contribution >= 4 is 39.5 Å². The van der Waals surface area contributed by atoms with Crippen molar-refractivity contribution in [2.24, 2.45) is 11.8 Å². The second-order valence-electron chi connectivity index (χ2n) is 26.2. The predicted octanol–water partition coefficient (Wildman–Crippen LogP) is 20.0. The Bertz CT molecular complexity index is 1730. The van der Waals surface area contributed by atoms with Crippen LogP contribution in [0.15, 0.2) is 0 Å². The van der Waals surface area contributed by atoms with Gasteiger partial charge in [-0.15, -0.1) is 0 Å². The number of unbranched alkanes of at least 4 members (excludes halogenated alkanes) is 39. The first kappa shape index (κ1) is 87.1. The van der Waals surface area contributed by atoms with Crippen molar-refractivity contribution in [3.8, 4) is 0 Å². The minimum absolute atomic E-state index is 0.103. The van der Waals surface area contributed by atoms with Crippen molar-refractivity contribution in [3.05, 3.63) is 0 Å². The lowest BCUT2D eigenvalue weighted by Gasteiger charge is -2.21. The van der Waals surface area contributed by atoms with E-state index in [-0.39, 0.29) is 25.7 Å². The predicted molar refractivity (Wildman–Crippen MR) is 358 cm³/mol. The molecular weight excluding hydrogens is 1170 g/mol. The molecule has 0 fully saturated rings. The Labute approximate surface area is 543 Å². The third-order valence-electron chi connectivity index (χ3n) is 16.2. The third kappa shape index (κ3) is 64.6. The summed E-state index contributed by atoms with van der Waals surface area (Å²) in [5.41, 5.74) is 0. The monoisotopic (exact) mass is 1310 g/mol. The summed E-state index contributed by atoms with van der Waals surface area (Å²) in [7, 11) is -9.89. The van der Waals surface area contributed by atoms with Gasteiger partial charge in [0.2, 0.25) is 0 Å². The van der Waals surface area contributed by atoms with Gasteiger partial charge in [-0.25, -0.2) is 9.13 Å². The number of aliphatic hydroxyl groups excluding tert-OH is 1. The maximum Gasteiger partial charge on any atom is 0.472 e. The quantitative estimate of drug-likeness (QED) is 0.0222. The van der Waals surface area contributed by atoms with Gasteiger partial charge >= 0.3 is 39.5 Å². The van der Waals surface area contributed by atoms with E-state index in [2.05, 4.69) is 41.5 Å². The van der Waals surface area contributed by atoms with Gasteiger partial charge in [-0.2, -0.15) is 0 Å². The Balaban J connectivity index is 5.14. The van der Waals surface area contributed by atoms with Crippen molar-refractivity contribution < 1.29 is 80.2 Å². The minimum atomic E-state index is -4.95. The summed E-state index contributed by atoms with van der Waals surface area (Å²) in [4.78, 5) is 72.2. The van der Waals surface area contributed by atoms with Crippen molar-refractivity contribution in [1.29, 1.82) is 0 Å². The third-order valence-corrected chi connectivity index (χ3v) is 18.1. The van der Waals surface area contributed by atoms with E-state index < -0.39 is 97.5 Å². The van der Waals surface area contributed by atoms with Crippen molar-refractivity contribution in [3.63, 3.8) is 0 Å². The molecule has 0 aliphatic carbocycles. The molecule has 5 atom stereocenters. The summed E-state index contributed by atoms with van der Waals surface area (Å²) in [5, 5.41) is 10.5. The van der Waals surface area contributed by atoms with Crippen LogP contribution in [0.25, 0.3) is 0 Å². The van der Waals surface area contributed by atoms with E-state index in [1.165, 1.54) is 167 Å². The number of carbonyl (C=O) groups excluding carboxylic acids is 4. The normalized spacial score (nSPS) is 14.1. The fourth-order valence-corrected chi connectivity index (χ4v) is 12.2. The lowest BCUT2D eigenvalue weighted by molar-refractivity contribution is -0.161. The van der Waals surface area contributed by atoms with Gasteiger partial charge in [0.1, 0.15) is 19.3 Å². The van der Waals surface area contributed by atoms with Gasteiger partial charge in [0, 0.05) is 25.7 Å². The molecule has 0 amide bonds. The Morgan fingerprint density at radius 2 is 0.517 bits per heavy atom. The van der Waals surface area contributed by atoms with Crippen molar-refractivity contribution in [2.45, 2.75) is 374 Å². The van der Waals surface area contributed by atoms with Crippen LogP contribution >= 0.6 is 15.6 Å². The highest BCUT2D eigenvalue weighted by Gasteiger charge is 2.30. The number of rotatable bonds is 69. The summed E-state index contributed by atoms with van der Waals surface area (Å²) in [6, 6.07) is 0. The summed E-state index contributed by atoms with van der Waals surface area (Å²) in [5.74, 6) is -0.632. The fourth-order valence-electron chi connectivity index (χ4n) is 10.6. The van der Waals surface area contributed by atoms with E-state index in [9.17, 15) is 43.2 Å². The SMILES string of the molecule is CCCCCCCCCCCCCCCCCC(=O)OC[C@H](COP(=O)(O)OC[C@@H](O)COP(=O)(O)OC[C@@H](COC(=O)CCCCCCC)OC(=O)CCCCCCCCCC(C)C)OC(=O)CCCCCCCCCCCCCCCCCCC(C)C. The van der Waals surface area contributed by atoms with Gasteiger partial charge in [0.25, 0.3) is 0 Å². The van der Waals surface area contributed by atoms with E-state index in [1.807, 2.05) is 0 Å². The second kappa shape index (κ2) is 62.2. The van der Waals surface area contributed by atoms with Crippen molar-refractivity contribution in [1.82, 2.24) is 0 Å². The van der Waals surface area contributed by atoms with Gasteiger partial charge in [0.05, 0.1) is 26.4 Å². The number of hydrogen-bond acceptors (Lipinski definition) is 15. The summed E-state index contributed by atoms with van der Waals surface area (Å²) in [6.45, 7) is 9.43. The lowest BCUT2D eigenvalue weighted by atomic mass is 10.0. The first-order valence-corrected chi connectivity index (χ1v) is 39.5. The van der Waals surface area contributed by atoms with Gasteiger partial charge in [-0.1, -0.05) is 305 Å². The number of carbonyl (C=O) groups is 4. The van der Waals surface area contributed by atoms with Crippen molar-refractivity contribution in [2.75, 3.05) is 39.6 Å². The highest BCUT2D eigenvalue weighted by atomic mass is 31.2. The van der Waals surface area contributed by atoms with Crippen LogP contribution in [0.4, 0.5) is 0 Å². The van der Waals surface area contributed by atoms with Crippen LogP contribution in [0.1, 0.15) is 356 Å². The van der Waals surface area contributed by atoms with E-state index >= 15 is 0 Å². The molecule has 0 aromatic heterocycles. The molecule has 2 unspecified atom stereocenters. The van der Waals surface area contributed by atoms with Crippen LogP contribution in [-0.2, 0) is 65.4 Å². The number of hydrogen-bond donors (Lipinski definition) is 3. The van der Waals surface area contributed by atoms with Crippen LogP contribution in [0, 0.1) is 11.8 Å². The molecule has 0 heterocycles. The number of aliphatic hydroxyl groups is 1. The smallest absolute Gasteiger partial charge is 0.462 e. The Hall–Kier alpha value is -1.94. The second-order valence-corrected chi connectivity index (χ2v) is 29.1. The maximum absolute atomic E-state index is 13.0.